The molecule has 3 rings (SSSR count). The number of anilines is 1. The first-order valence-electron chi connectivity index (χ1n) is 8.40. The predicted octanol–water partition coefficient (Wildman–Crippen LogP) is 3.17. The lowest BCUT2D eigenvalue weighted by molar-refractivity contribution is -0.116. The van der Waals surface area contributed by atoms with Crippen LogP contribution in [0.4, 0.5) is 5.69 Å². The van der Waals surface area contributed by atoms with Gasteiger partial charge in [0.25, 0.3) is 0 Å². The van der Waals surface area contributed by atoms with E-state index in [0.29, 0.717) is 35.0 Å². The van der Waals surface area contributed by atoms with Gasteiger partial charge in [-0.15, -0.1) is 0 Å². The van der Waals surface area contributed by atoms with Crippen LogP contribution in [0.25, 0.3) is 11.3 Å². The molecule has 1 aliphatic carbocycles. The molecule has 1 saturated carbocycles. The molecule has 132 valence electrons. The number of benzene rings is 1. The molecule has 1 heterocycles. The Morgan fingerprint density at radius 3 is 2.62 bits per heavy atom. The van der Waals surface area contributed by atoms with Gasteiger partial charge < -0.3 is 9.64 Å². The van der Waals surface area contributed by atoms with Crippen LogP contribution in [-0.4, -0.2) is 30.5 Å². The minimum absolute atomic E-state index is 0.0679. The number of nitrogens with zero attached hydrogens (tertiary/aromatic N) is 3. The highest BCUT2D eigenvalue weighted by molar-refractivity contribution is 5.93. The van der Waals surface area contributed by atoms with Crippen molar-refractivity contribution in [3.8, 4) is 17.3 Å². The highest BCUT2D eigenvalue weighted by Gasteiger charge is 2.27. The van der Waals surface area contributed by atoms with Gasteiger partial charge in [0.15, 0.2) is 0 Å². The number of amides is 1. The molecule has 6 heteroatoms. The lowest BCUT2D eigenvalue weighted by atomic mass is 10.0. The lowest BCUT2D eigenvalue weighted by Crippen LogP contribution is -2.31. The molecule has 2 aromatic rings. The van der Waals surface area contributed by atoms with Crippen LogP contribution in [-0.2, 0) is 9.53 Å². The Kier molecular flexibility index (Phi) is 4.99. The fraction of sp³-hybridized carbons (Fsp3) is 0.300. The number of rotatable bonds is 5. The van der Waals surface area contributed by atoms with Crippen molar-refractivity contribution in [1.82, 2.24) is 4.98 Å². The average molecular weight is 349 g/mol. The third-order valence-electron chi connectivity index (χ3n) is 4.41. The molecule has 1 aromatic carbocycles. The van der Waals surface area contributed by atoms with Crippen LogP contribution in [0.3, 0.4) is 0 Å². The van der Waals surface area contributed by atoms with Gasteiger partial charge in [-0.3, -0.25) is 9.78 Å². The van der Waals surface area contributed by atoms with Gasteiger partial charge >= 0.3 is 5.97 Å². The molecule has 0 spiro atoms. The summed E-state index contributed by atoms with van der Waals surface area (Å²) < 4.78 is 4.66. The number of carbonyl (C=O) groups is 2. The van der Waals surface area contributed by atoms with Gasteiger partial charge in [0.1, 0.15) is 6.07 Å². The number of nitriles is 1. The van der Waals surface area contributed by atoms with E-state index in [4.69, 9.17) is 0 Å². The molecule has 0 saturated heterocycles. The Morgan fingerprint density at radius 1 is 1.31 bits per heavy atom. The second kappa shape index (κ2) is 7.36. The van der Waals surface area contributed by atoms with Crippen molar-refractivity contribution < 1.29 is 14.3 Å². The van der Waals surface area contributed by atoms with Crippen molar-refractivity contribution in [1.29, 1.82) is 5.26 Å². The maximum absolute atomic E-state index is 12.0. The molecule has 26 heavy (non-hydrogen) atoms. The monoisotopic (exact) mass is 349 g/mol. The van der Waals surface area contributed by atoms with Crippen molar-refractivity contribution in [3.63, 3.8) is 0 Å². The van der Waals surface area contributed by atoms with E-state index in [1.165, 1.54) is 20.2 Å². The first-order chi connectivity index (χ1) is 12.5. The zero-order valence-electron chi connectivity index (χ0n) is 14.7. The molecule has 1 aliphatic rings. The predicted molar refractivity (Wildman–Crippen MR) is 96.5 cm³/mol. The minimum Gasteiger partial charge on any atom is -0.465 e. The topological polar surface area (TPSA) is 83.3 Å². The van der Waals surface area contributed by atoms with E-state index in [0.717, 1.165) is 18.4 Å². The summed E-state index contributed by atoms with van der Waals surface area (Å²) in [6.07, 6.45) is 3.69. The van der Waals surface area contributed by atoms with Crippen LogP contribution in [0.15, 0.2) is 36.5 Å². The first-order valence-corrected chi connectivity index (χ1v) is 8.40. The van der Waals surface area contributed by atoms with Gasteiger partial charge in [0.05, 0.1) is 29.6 Å². The van der Waals surface area contributed by atoms with Crippen LogP contribution in [0.2, 0.25) is 0 Å². The van der Waals surface area contributed by atoms with Crippen LogP contribution in [0.1, 0.15) is 35.7 Å². The van der Waals surface area contributed by atoms with E-state index >= 15 is 0 Å². The average Bonchev–Trinajstić information content (AvgIpc) is 3.49. The summed E-state index contributed by atoms with van der Waals surface area (Å²) in [4.78, 5) is 29.5. The molecule has 0 bridgehead atoms. The highest BCUT2D eigenvalue weighted by atomic mass is 16.5. The third-order valence-corrected chi connectivity index (χ3v) is 4.41. The van der Waals surface area contributed by atoms with E-state index in [1.807, 2.05) is 6.07 Å². The maximum atomic E-state index is 12.0. The van der Waals surface area contributed by atoms with Crippen molar-refractivity contribution in [3.05, 3.63) is 47.7 Å². The number of methoxy groups -OCH3 is 1. The summed E-state index contributed by atoms with van der Waals surface area (Å²) in [7, 11) is 1.32. The summed E-state index contributed by atoms with van der Waals surface area (Å²) in [5, 5.41) is 9.55. The molecule has 1 fully saturated rings. The molecule has 0 aliphatic heterocycles. The number of ether oxygens (including phenoxy) is 1. The fourth-order valence-corrected chi connectivity index (χ4v) is 2.78. The Morgan fingerprint density at radius 2 is 2.08 bits per heavy atom. The van der Waals surface area contributed by atoms with Crippen LogP contribution >= 0.6 is 0 Å². The van der Waals surface area contributed by atoms with Gasteiger partial charge in [-0.2, -0.15) is 5.26 Å². The summed E-state index contributed by atoms with van der Waals surface area (Å²) in [6, 6.07) is 10.8. The number of carbonyl (C=O) groups excluding carboxylic acids is 2. The van der Waals surface area contributed by atoms with Gasteiger partial charge in [-0.25, -0.2) is 4.79 Å². The molecule has 6 nitrogen and oxygen atoms in total. The van der Waals surface area contributed by atoms with Crippen molar-refractivity contribution in [2.24, 2.45) is 5.92 Å². The lowest BCUT2D eigenvalue weighted by Gasteiger charge is -2.22. The van der Waals surface area contributed by atoms with E-state index in [2.05, 4.69) is 15.8 Å². The van der Waals surface area contributed by atoms with E-state index in [1.54, 1.807) is 29.2 Å². The number of aromatic nitrogens is 1. The molecule has 1 amide bonds. The number of esters is 1. The van der Waals surface area contributed by atoms with Gasteiger partial charge in [-0.1, -0.05) is 6.07 Å². The standard InChI is InChI=1S/C20H19N3O3/c1-13(24)23(12-14-3-4-14)19-8-6-15(9-17(19)10-21)18-7-5-16(11-22-18)20(25)26-2/h5-9,11,14H,3-4,12H2,1-2H3. The maximum Gasteiger partial charge on any atom is 0.339 e. The van der Waals surface area contributed by atoms with E-state index in [9.17, 15) is 14.9 Å². The number of hydrogen-bond donors (Lipinski definition) is 0. The first kappa shape index (κ1) is 17.6. The summed E-state index contributed by atoms with van der Waals surface area (Å²) in [5.41, 5.74) is 2.80. The van der Waals surface area contributed by atoms with Crippen molar-refractivity contribution in [2.45, 2.75) is 19.8 Å². The zero-order valence-corrected chi connectivity index (χ0v) is 14.7. The second-order valence-corrected chi connectivity index (χ2v) is 6.34. The molecule has 0 unspecified atom stereocenters. The summed E-state index contributed by atoms with van der Waals surface area (Å²) in [6.45, 7) is 2.17. The van der Waals surface area contributed by atoms with E-state index in [-0.39, 0.29) is 5.91 Å². The molecule has 1 aromatic heterocycles. The largest absolute Gasteiger partial charge is 0.465 e. The Labute approximate surface area is 152 Å². The molecule has 0 atom stereocenters. The summed E-state index contributed by atoms with van der Waals surface area (Å²) >= 11 is 0. The van der Waals surface area contributed by atoms with Crippen LogP contribution < -0.4 is 4.90 Å². The number of pyridine rings is 1. The Balaban J connectivity index is 1.92. The molecule has 0 N–H and O–H groups in total. The SMILES string of the molecule is COC(=O)c1ccc(-c2ccc(N(CC3CC3)C(C)=O)c(C#N)c2)nc1. The van der Waals surface area contributed by atoms with E-state index < -0.39 is 5.97 Å². The molecule has 0 radical (unpaired) electrons. The normalized spacial score (nSPS) is 13.0. The van der Waals surface area contributed by atoms with Gasteiger partial charge in [0, 0.05) is 25.2 Å². The van der Waals surface area contributed by atoms with Crippen molar-refractivity contribution in [2.75, 3.05) is 18.6 Å². The smallest absolute Gasteiger partial charge is 0.339 e. The van der Waals surface area contributed by atoms with Gasteiger partial charge in [0.2, 0.25) is 5.91 Å². The second-order valence-electron chi connectivity index (χ2n) is 6.34. The van der Waals surface area contributed by atoms with Crippen molar-refractivity contribution >= 4 is 17.6 Å². The quantitative estimate of drug-likeness (QED) is 0.774. The Bertz CT molecular complexity index is 880. The van der Waals surface area contributed by atoms with Crippen LogP contribution in [0, 0.1) is 17.2 Å². The van der Waals surface area contributed by atoms with Gasteiger partial charge in [-0.05, 0) is 43.0 Å². The summed E-state index contributed by atoms with van der Waals surface area (Å²) in [5.74, 6) is 0.00801. The van der Waals surface area contributed by atoms with Crippen LogP contribution in [0.5, 0.6) is 0 Å². The molecular formula is C20H19N3O3. The molecular weight excluding hydrogens is 330 g/mol. The zero-order chi connectivity index (χ0) is 18.7. The fourth-order valence-electron chi connectivity index (χ4n) is 2.78. The third kappa shape index (κ3) is 3.72. The highest BCUT2D eigenvalue weighted by Crippen LogP contribution is 2.33. The minimum atomic E-state index is -0.450. The Hall–Kier alpha value is -3.20. The number of hydrogen-bond acceptors (Lipinski definition) is 5.